The van der Waals surface area contributed by atoms with E-state index in [0.29, 0.717) is 22.3 Å². The molecule has 0 amide bonds. The van der Waals surface area contributed by atoms with Crippen molar-refractivity contribution < 1.29 is 4.92 Å². The summed E-state index contributed by atoms with van der Waals surface area (Å²) >= 11 is 5.34. The number of thiocarbonyl (C=S) groups is 1. The van der Waals surface area contributed by atoms with Crippen LogP contribution in [0.1, 0.15) is 30.9 Å². The Balaban J connectivity index is 2.18. The van der Waals surface area contributed by atoms with E-state index in [1.807, 2.05) is 24.3 Å². The van der Waals surface area contributed by atoms with Crippen LogP contribution in [0.3, 0.4) is 0 Å². The lowest BCUT2D eigenvalue weighted by Crippen LogP contribution is -2.20. The molecule has 2 rings (SSSR count). The van der Waals surface area contributed by atoms with Crippen molar-refractivity contribution in [2.45, 2.75) is 26.7 Å². The molecule has 0 atom stereocenters. The van der Waals surface area contributed by atoms with Crippen LogP contribution < -0.4 is 10.6 Å². The standard InChI is InChI=1S/C17H19N3O2S/c1-11(2)13-7-4-5-8-15(13)19-17(23)18-14-9-6-10-16(12(14)3)20(21)22/h4-11H,1-3H3,(H2,18,19,23). The van der Waals surface area contributed by atoms with E-state index in [-0.39, 0.29) is 5.69 Å². The molecule has 6 heteroatoms. The van der Waals surface area contributed by atoms with Crippen LogP contribution in [0, 0.1) is 17.0 Å². The van der Waals surface area contributed by atoms with Gasteiger partial charge in [0, 0.05) is 11.8 Å². The third kappa shape index (κ3) is 4.04. The highest BCUT2D eigenvalue weighted by atomic mass is 32.1. The number of nitrogens with zero attached hydrogens (tertiary/aromatic N) is 1. The zero-order valence-electron chi connectivity index (χ0n) is 13.3. The quantitative estimate of drug-likeness (QED) is 0.477. The Morgan fingerprint density at radius 3 is 2.35 bits per heavy atom. The van der Waals surface area contributed by atoms with Crippen LogP contribution in [-0.2, 0) is 0 Å². The lowest BCUT2D eigenvalue weighted by atomic mass is 10.0. The summed E-state index contributed by atoms with van der Waals surface area (Å²) in [4.78, 5) is 10.6. The van der Waals surface area contributed by atoms with Gasteiger partial charge in [0.05, 0.1) is 16.2 Å². The molecular formula is C17H19N3O2S. The van der Waals surface area contributed by atoms with Crippen molar-refractivity contribution in [1.29, 1.82) is 0 Å². The maximum Gasteiger partial charge on any atom is 0.274 e. The molecule has 23 heavy (non-hydrogen) atoms. The Labute approximate surface area is 140 Å². The molecule has 0 aromatic heterocycles. The lowest BCUT2D eigenvalue weighted by Gasteiger charge is -2.16. The Bertz CT molecular complexity index is 744. The van der Waals surface area contributed by atoms with Gasteiger partial charge in [-0.1, -0.05) is 38.1 Å². The Kier molecular flexibility index (Phi) is 5.28. The van der Waals surface area contributed by atoms with Gasteiger partial charge in [-0.25, -0.2) is 0 Å². The van der Waals surface area contributed by atoms with Crippen molar-refractivity contribution in [3.63, 3.8) is 0 Å². The molecule has 0 radical (unpaired) electrons. The highest BCUT2D eigenvalue weighted by molar-refractivity contribution is 7.80. The van der Waals surface area contributed by atoms with Gasteiger partial charge in [0.2, 0.25) is 0 Å². The number of hydrogen-bond donors (Lipinski definition) is 2. The van der Waals surface area contributed by atoms with Crippen LogP contribution in [0.15, 0.2) is 42.5 Å². The van der Waals surface area contributed by atoms with Gasteiger partial charge in [-0.05, 0) is 42.8 Å². The van der Waals surface area contributed by atoms with Crippen LogP contribution in [-0.4, -0.2) is 10.0 Å². The smallest absolute Gasteiger partial charge is 0.274 e. The summed E-state index contributed by atoms with van der Waals surface area (Å²) < 4.78 is 0. The van der Waals surface area contributed by atoms with Crippen molar-refractivity contribution in [2.24, 2.45) is 0 Å². The van der Waals surface area contributed by atoms with Gasteiger partial charge in [-0.3, -0.25) is 10.1 Å². The first kappa shape index (κ1) is 16.9. The fourth-order valence-corrected chi connectivity index (χ4v) is 2.57. The first-order valence-electron chi connectivity index (χ1n) is 7.31. The summed E-state index contributed by atoms with van der Waals surface area (Å²) in [6.45, 7) is 5.93. The van der Waals surface area contributed by atoms with E-state index in [1.54, 1.807) is 19.1 Å². The van der Waals surface area contributed by atoms with E-state index in [0.717, 1.165) is 11.3 Å². The van der Waals surface area contributed by atoms with Gasteiger partial charge in [-0.2, -0.15) is 0 Å². The average Bonchev–Trinajstić information content (AvgIpc) is 2.49. The average molecular weight is 329 g/mol. The van der Waals surface area contributed by atoms with Gasteiger partial charge in [0.15, 0.2) is 5.11 Å². The first-order chi connectivity index (χ1) is 10.9. The highest BCUT2D eigenvalue weighted by Gasteiger charge is 2.14. The number of hydrogen-bond acceptors (Lipinski definition) is 3. The summed E-state index contributed by atoms with van der Waals surface area (Å²) in [5.74, 6) is 0.362. The third-order valence-electron chi connectivity index (χ3n) is 3.58. The molecule has 0 aliphatic rings. The van der Waals surface area contributed by atoms with E-state index < -0.39 is 4.92 Å². The predicted molar refractivity (Wildman–Crippen MR) is 98.2 cm³/mol. The second kappa shape index (κ2) is 7.19. The second-order valence-corrected chi connectivity index (χ2v) is 5.94. The Morgan fingerprint density at radius 1 is 1.09 bits per heavy atom. The van der Waals surface area contributed by atoms with Crippen molar-refractivity contribution in [3.8, 4) is 0 Å². The largest absolute Gasteiger partial charge is 0.332 e. The van der Waals surface area contributed by atoms with Crippen molar-refractivity contribution in [2.75, 3.05) is 10.6 Å². The minimum absolute atomic E-state index is 0.0698. The molecule has 0 heterocycles. The van der Waals surface area contributed by atoms with Crippen molar-refractivity contribution in [3.05, 3.63) is 63.7 Å². The molecule has 2 aromatic rings. The summed E-state index contributed by atoms with van der Waals surface area (Å²) in [6, 6.07) is 12.8. The van der Waals surface area contributed by atoms with Gasteiger partial charge < -0.3 is 10.6 Å². The van der Waals surface area contributed by atoms with Crippen molar-refractivity contribution >= 4 is 34.4 Å². The number of rotatable bonds is 4. The topological polar surface area (TPSA) is 67.2 Å². The number of anilines is 2. The van der Waals surface area contributed by atoms with Gasteiger partial charge in [0.1, 0.15) is 0 Å². The van der Waals surface area contributed by atoms with Crippen LogP contribution in [0.5, 0.6) is 0 Å². The van der Waals surface area contributed by atoms with E-state index >= 15 is 0 Å². The van der Waals surface area contributed by atoms with E-state index in [1.165, 1.54) is 6.07 Å². The molecule has 2 N–H and O–H groups in total. The van der Waals surface area contributed by atoms with Gasteiger partial charge in [-0.15, -0.1) is 0 Å². The zero-order chi connectivity index (χ0) is 17.0. The molecular weight excluding hydrogens is 310 g/mol. The van der Waals surface area contributed by atoms with Gasteiger partial charge >= 0.3 is 0 Å². The van der Waals surface area contributed by atoms with E-state index in [4.69, 9.17) is 12.2 Å². The SMILES string of the molecule is Cc1c(NC(=S)Nc2ccccc2C(C)C)cccc1[N+](=O)[O-]. The van der Waals surface area contributed by atoms with Gasteiger partial charge in [0.25, 0.3) is 5.69 Å². The summed E-state index contributed by atoms with van der Waals surface area (Å²) in [6.07, 6.45) is 0. The van der Waals surface area contributed by atoms with Crippen LogP contribution >= 0.6 is 12.2 Å². The number of nitro benzene ring substituents is 1. The number of benzene rings is 2. The highest BCUT2D eigenvalue weighted by Crippen LogP contribution is 2.26. The molecule has 0 fully saturated rings. The molecule has 0 unspecified atom stereocenters. The molecule has 0 saturated heterocycles. The molecule has 120 valence electrons. The monoisotopic (exact) mass is 329 g/mol. The predicted octanol–water partition coefficient (Wildman–Crippen LogP) is 4.84. The van der Waals surface area contributed by atoms with E-state index in [2.05, 4.69) is 24.5 Å². The van der Waals surface area contributed by atoms with Crippen molar-refractivity contribution in [1.82, 2.24) is 0 Å². The Morgan fingerprint density at radius 2 is 1.70 bits per heavy atom. The normalized spacial score (nSPS) is 10.4. The number of nitrogens with one attached hydrogen (secondary N) is 2. The fraction of sp³-hybridized carbons (Fsp3) is 0.235. The zero-order valence-corrected chi connectivity index (χ0v) is 14.1. The molecule has 0 spiro atoms. The van der Waals surface area contributed by atoms with Crippen LogP contribution in [0.4, 0.5) is 17.1 Å². The first-order valence-corrected chi connectivity index (χ1v) is 7.72. The maximum atomic E-state index is 11.0. The fourth-order valence-electron chi connectivity index (χ4n) is 2.35. The molecule has 0 aliphatic carbocycles. The summed E-state index contributed by atoms with van der Waals surface area (Å²) in [5, 5.41) is 17.6. The van der Waals surface area contributed by atoms with Crippen LogP contribution in [0.25, 0.3) is 0 Å². The molecule has 2 aromatic carbocycles. The second-order valence-electron chi connectivity index (χ2n) is 5.53. The molecule has 0 aliphatic heterocycles. The summed E-state index contributed by atoms with van der Waals surface area (Å²) in [5.41, 5.74) is 3.34. The minimum Gasteiger partial charge on any atom is -0.332 e. The number of para-hydroxylation sites is 1. The maximum absolute atomic E-state index is 11.0. The summed E-state index contributed by atoms with van der Waals surface area (Å²) in [7, 11) is 0. The third-order valence-corrected chi connectivity index (χ3v) is 3.79. The molecule has 5 nitrogen and oxygen atoms in total. The minimum atomic E-state index is -0.398. The lowest BCUT2D eigenvalue weighted by molar-refractivity contribution is -0.385. The van der Waals surface area contributed by atoms with Crippen LogP contribution in [0.2, 0.25) is 0 Å². The molecule has 0 bridgehead atoms. The Hall–Kier alpha value is -2.47. The molecule has 0 saturated carbocycles. The number of nitro groups is 1. The van der Waals surface area contributed by atoms with E-state index in [9.17, 15) is 10.1 Å².